The summed E-state index contributed by atoms with van der Waals surface area (Å²) in [6, 6.07) is 0. The lowest BCUT2D eigenvalue weighted by molar-refractivity contribution is -0.0376. The molecule has 1 saturated heterocycles. The molecular formula is C20H42O5Si. The van der Waals surface area contributed by atoms with E-state index in [0.717, 1.165) is 58.0 Å². The Kier molecular flexibility index (Phi) is 13.0. The molecule has 1 rings (SSSR count). The number of rotatable bonds is 18. The highest BCUT2D eigenvalue weighted by Crippen LogP contribution is 2.27. The van der Waals surface area contributed by atoms with Crippen molar-refractivity contribution in [3.05, 3.63) is 0 Å². The molecule has 0 aliphatic carbocycles. The molecule has 3 atom stereocenters. The first-order valence-electron chi connectivity index (χ1n) is 10.8. The van der Waals surface area contributed by atoms with Crippen molar-refractivity contribution in [1.82, 2.24) is 0 Å². The monoisotopic (exact) mass is 390 g/mol. The Balaban J connectivity index is 2.92. The van der Waals surface area contributed by atoms with Crippen molar-refractivity contribution in [2.24, 2.45) is 0 Å². The lowest BCUT2D eigenvalue weighted by atomic mass is 10.2. The van der Waals surface area contributed by atoms with Gasteiger partial charge in [0.25, 0.3) is 0 Å². The van der Waals surface area contributed by atoms with Gasteiger partial charge in [0, 0.05) is 19.3 Å². The first-order valence-corrected chi connectivity index (χ1v) is 12.6. The van der Waals surface area contributed by atoms with E-state index in [1.54, 1.807) is 0 Å². The quantitative estimate of drug-likeness (QED) is 0.189. The SMILES string of the molecule is CCCCO[Si](OCCCC)(OC(C)CCC)C(CCC)OCC1CO1. The topological polar surface area (TPSA) is 49.5 Å². The molecule has 0 aromatic rings. The van der Waals surface area contributed by atoms with E-state index < -0.39 is 8.80 Å². The standard InChI is InChI=1S/C20H42O5Si/c1-6-10-14-23-26(24-15-11-7-2,25-18(5)12-8-3)20(13-9-4)22-17-19-16-21-19/h18-20H,6-17H2,1-5H3. The van der Waals surface area contributed by atoms with Gasteiger partial charge in [-0.2, -0.15) is 0 Å². The van der Waals surface area contributed by atoms with Gasteiger partial charge in [-0.25, -0.2) is 0 Å². The zero-order valence-electron chi connectivity index (χ0n) is 17.8. The first-order chi connectivity index (χ1) is 12.6. The maximum absolute atomic E-state index is 6.57. The molecule has 0 aromatic carbocycles. The molecule has 0 saturated carbocycles. The molecule has 0 amide bonds. The Hall–Kier alpha value is 0.0169. The minimum atomic E-state index is -2.94. The van der Waals surface area contributed by atoms with Crippen LogP contribution < -0.4 is 0 Å². The fraction of sp³-hybridized carbons (Fsp3) is 1.00. The van der Waals surface area contributed by atoms with E-state index >= 15 is 0 Å². The van der Waals surface area contributed by atoms with Gasteiger partial charge in [0.1, 0.15) is 11.8 Å². The number of unbranched alkanes of at least 4 members (excludes halogenated alkanes) is 2. The molecule has 0 spiro atoms. The van der Waals surface area contributed by atoms with Crippen LogP contribution in [-0.2, 0) is 22.8 Å². The summed E-state index contributed by atoms with van der Waals surface area (Å²) in [6.45, 7) is 13.6. The molecule has 156 valence electrons. The Bertz CT molecular complexity index is 328. The summed E-state index contributed by atoms with van der Waals surface area (Å²) >= 11 is 0. The maximum atomic E-state index is 6.57. The van der Waals surface area contributed by atoms with Gasteiger partial charge in [0.2, 0.25) is 0 Å². The van der Waals surface area contributed by atoms with Crippen LogP contribution >= 0.6 is 0 Å². The van der Waals surface area contributed by atoms with Crippen molar-refractivity contribution >= 4 is 8.80 Å². The summed E-state index contributed by atoms with van der Waals surface area (Å²) in [4.78, 5) is 0. The summed E-state index contributed by atoms with van der Waals surface area (Å²) in [5.41, 5.74) is -0.107. The second-order valence-electron chi connectivity index (χ2n) is 7.29. The smallest absolute Gasteiger partial charge is 0.372 e. The minimum Gasteiger partial charge on any atom is -0.372 e. The van der Waals surface area contributed by atoms with E-state index in [1.807, 2.05) is 0 Å². The molecule has 0 N–H and O–H groups in total. The van der Waals surface area contributed by atoms with Crippen molar-refractivity contribution in [3.63, 3.8) is 0 Å². The molecule has 3 unspecified atom stereocenters. The third-order valence-corrected chi connectivity index (χ3v) is 7.68. The third-order valence-electron chi connectivity index (χ3n) is 4.49. The Morgan fingerprint density at radius 3 is 1.96 bits per heavy atom. The Morgan fingerprint density at radius 2 is 1.50 bits per heavy atom. The van der Waals surface area contributed by atoms with Crippen LogP contribution in [0.2, 0.25) is 0 Å². The van der Waals surface area contributed by atoms with E-state index in [0.29, 0.717) is 19.8 Å². The molecule has 6 heteroatoms. The molecule has 26 heavy (non-hydrogen) atoms. The average Bonchev–Trinajstić information content (AvgIpc) is 3.43. The molecule has 0 bridgehead atoms. The van der Waals surface area contributed by atoms with E-state index in [-0.39, 0.29) is 17.9 Å². The molecule has 1 fully saturated rings. The second kappa shape index (κ2) is 14.1. The van der Waals surface area contributed by atoms with Crippen LogP contribution in [0, 0.1) is 0 Å². The molecule has 1 aliphatic rings. The predicted molar refractivity (Wildman–Crippen MR) is 107 cm³/mol. The second-order valence-corrected chi connectivity index (χ2v) is 9.95. The maximum Gasteiger partial charge on any atom is 0.531 e. The highest BCUT2D eigenvalue weighted by molar-refractivity contribution is 6.62. The lowest BCUT2D eigenvalue weighted by Gasteiger charge is -2.37. The number of ether oxygens (including phenoxy) is 2. The van der Waals surface area contributed by atoms with Gasteiger partial charge in [-0.3, -0.25) is 0 Å². The zero-order chi connectivity index (χ0) is 19.3. The van der Waals surface area contributed by atoms with Gasteiger partial charge in [-0.15, -0.1) is 0 Å². The lowest BCUT2D eigenvalue weighted by Crippen LogP contribution is -2.59. The number of hydrogen-bond donors (Lipinski definition) is 0. The van der Waals surface area contributed by atoms with Crippen molar-refractivity contribution in [1.29, 1.82) is 0 Å². The minimum absolute atomic E-state index is 0.107. The van der Waals surface area contributed by atoms with Gasteiger partial charge < -0.3 is 22.8 Å². The third kappa shape index (κ3) is 9.29. The number of hydrogen-bond acceptors (Lipinski definition) is 5. The van der Waals surface area contributed by atoms with Crippen molar-refractivity contribution in [2.45, 2.75) is 104 Å². The molecular weight excluding hydrogens is 348 g/mol. The van der Waals surface area contributed by atoms with Gasteiger partial charge in [0.05, 0.1) is 13.2 Å². The van der Waals surface area contributed by atoms with Gasteiger partial charge in [0.15, 0.2) is 0 Å². The summed E-state index contributed by atoms with van der Waals surface area (Å²) in [7, 11) is -2.94. The summed E-state index contributed by atoms with van der Waals surface area (Å²) < 4.78 is 31.0. The van der Waals surface area contributed by atoms with Crippen LogP contribution in [0.5, 0.6) is 0 Å². The van der Waals surface area contributed by atoms with Crippen LogP contribution in [0.15, 0.2) is 0 Å². The van der Waals surface area contributed by atoms with Crippen LogP contribution in [0.4, 0.5) is 0 Å². The fourth-order valence-electron chi connectivity index (χ4n) is 2.85. The van der Waals surface area contributed by atoms with E-state index in [1.165, 1.54) is 0 Å². The van der Waals surface area contributed by atoms with E-state index in [2.05, 4.69) is 34.6 Å². The van der Waals surface area contributed by atoms with Crippen molar-refractivity contribution < 1.29 is 22.8 Å². The van der Waals surface area contributed by atoms with Gasteiger partial charge >= 0.3 is 8.80 Å². The van der Waals surface area contributed by atoms with Crippen LogP contribution in [0.3, 0.4) is 0 Å². The van der Waals surface area contributed by atoms with Crippen molar-refractivity contribution in [2.75, 3.05) is 26.4 Å². The molecule has 1 aliphatic heterocycles. The molecule has 0 radical (unpaired) electrons. The van der Waals surface area contributed by atoms with Crippen molar-refractivity contribution in [3.8, 4) is 0 Å². The highest BCUT2D eigenvalue weighted by atomic mass is 28.4. The van der Waals surface area contributed by atoms with Crippen LogP contribution in [-0.4, -0.2) is 53.2 Å². The molecule has 1 heterocycles. The predicted octanol–water partition coefficient (Wildman–Crippen LogP) is 4.89. The molecule has 5 nitrogen and oxygen atoms in total. The fourth-order valence-corrected chi connectivity index (χ4v) is 6.07. The first kappa shape index (κ1) is 24.1. The van der Waals surface area contributed by atoms with Gasteiger partial charge in [-0.1, -0.05) is 53.4 Å². The summed E-state index contributed by atoms with van der Waals surface area (Å²) in [6.07, 6.45) is 8.59. The Morgan fingerprint density at radius 1 is 0.923 bits per heavy atom. The molecule has 0 aromatic heterocycles. The van der Waals surface area contributed by atoms with Gasteiger partial charge in [-0.05, 0) is 32.6 Å². The van der Waals surface area contributed by atoms with Crippen LogP contribution in [0.25, 0.3) is 0 Å². The normalized spacial score (nSPS) is 19.5. The summed E-state index contributed by atoms with van der Waals surface area (Å²) in [5.74, 6) is 0. The van der Waals surface area contributed by atoms with E-state index in [4.69, 9.17) is 22.8 Å². The number of epoxide rings is 1. The average molecular weight is 391 g/mol. The van der Waals surface area contributed by atoms with Crippen LogP contribution in [0.1, 0.15) is 86.0 Å². The largest absolute Gasteiger partial charge is 0.531 e. The zero-order valence-corrected chi connectivity index (χ0v) is 18.8. The summed E-state index contributed by atoms with van der Waals surface area (Å²) in [5, 5.41) is 0. The highest BCUT2D eigenvalue weighted by Gasteiger charge is 2.52. The Labute approximate surface area is 162 Å². The van der Waals surface area contributed by atoms with E-state index in [9.17, 15) is 0 Å².